The van der Waals surface area contributed by atoms with Crippen LogP contribution in [0, 0.1) is 0 Å². The van der Waals surface area contributed by atoms with Crippen molar-refractivity contribution in [3.63, 3.8) is 0 Å². The molecule has 0 aliphatic heterocycles. The van der Waals surface area contributed by atoms with Crippen LogP contribution in [-0.2, 0) is 9.53 Å². The van der Waals surface area contributed by atoms with E-state index in [2.05, 4.69) is 19.2 Å². The molecule has 11 heavy (non-hydrogen) atoms. The molecule has 1 atom stereocenters. The molecular weight excluding hydrogens is 160 g/mol. The third kappa shape index (κ3) is 4.09. The molecule has 0 saturated heterocycles. The molecule has 0 heterocycles. The van der Waals surface area contributed by atoms with E-state index in [1.807, 2.05) is 6.92 Å². The standard InChI is InChI=1S/C8H14O2S/c1-4-7(5-11)10-8(9)6(2)3/h7,11H,2,4-5H2,1,3H3. The first-order chi connectivity index (χ1) is 5.11. The van der Waals surface area contributed by atoms with Crippen LogP contribution in [0.2, 0.25) is 0 Å². The highest BCUT2D eigenvalue weighted by Gasteiger charge is 2.10. The number of carbonyl (C=O) groups excluding carboxylic acids is 1. The normalized spacial score (nSPS) is 12.3. The summed E-state index contributed by atoms with van der Waals surface area (Å²) in [6, 6.07) is 0. The Balaban J connectivity index is 3.81. The van der Waals surface area contributed by atoms with Crippen LogP contribution < -0.4 is 0 Å². The van der Waals surface area contributed by atoms with Crippen LogP contribution in [0.3, 0.4) is 0 Å². The average Bonchev–Trinajstić information content (AvgIpc) is 1.99. The Hall–Kier alpha value is -0.440. The van der Waals surface area contributed by atoms with Gasteiger partial charge in [0.2, 0.25) is 0 Å². The minimum absolute atomic E-state index is 0.0810. The molecule has 0 aromatic rings. The van der Waals surface area contributed by atoms with Crippen molar-refractivity contribution < 1.29 is 9.53 Å². The van der Waals surface area contributed by atoms with Gasteiger partial charge >= 0.3 is 5.97 Å². The molecule has 2 nitrogen and oxygen atoms in total. The second-order valence-corrected chi connectivity index (χ2v) is 2.76. The molecule has 1 unspecified atom stereocenters. The highest BCUT2D eigenvalue weighted by atomic mass is 32.1. The monoisotopic (exact) mass is 174 g/mol. The number of rotatable bonds is 4. The molecule has 3 heteroatoms. The molecule has 0 rings (SSSR count). The van der Waals surface area contributed by atoms with Crippen molar-refractivity contribution in [3.8, 4) is 0 Å². The lowest BCUT2D eigenvalue weighted by atomic mass is 10.3. The Morgan fingerprint density at radius 2 is 2.27 bits per heavy atom. The molecule has 0 saturated carbocycles. The molecule has 0 aliphatic rings. The molecule has 0 aromatic carbocycles. The largest absolute Gasteiger partial charge is 0.458 e. The zero-order chi connectivity index (χ0) is 8.85. The number of ether oxygens (including phenoxy) is 1. The summed E-state index contributed by atoms with van der Waals surface area (Å²) in [7, 11) is 0. The van der Waals surface area contributed by atoms with Crippen molar-refractivity contribution in [3.05, 3.63) is 12.2 Å². The molecule has 0 spiro atoms. The first-order valence-electron chi connectivity index (χ1n) is 3.59. The SMILES string of the molecule is C=C(C)C(=O)OC(CC)CS. The molecular formula is C8H14O2S. The van der Waals surface area contributed by atoms with E-state index in [1.54, 1.807) is 6.92 Å². The van der Waals surface area contributed by atoms with Gasteiger partial charge in [-0.05, 0) is 13.3 Å². The Bertz CT molecular complexity index is 150. The van der Waals surface area contributed by atoms with E-state index in [0.29, 0.717) is 11.3 Å². The predicted octanol–water partition coefficient (Wildman–Crippen LogP) is 1.81. The summed E-state index contributed by atoms with van der Waals surface area (Å²) in [5.74, 6) is 0.237. The second kappa shape index (κ2) is 5.24. The van der Waals surface area contributed by atoms with Crippen LogP contribution in [0.25, 0.3) is 0 Å². The minimum Gasteiger partial charge on any atom is -0.458 e. The fraction of sp³-hybridized carbons (Fsp3) is 0.625. The van der Waals surface area contributed by atoms with Gasteiger partial charge in [-0.2, -0.15) is 12.6 Å². The van der Waals surface area contributed by atoms with Gasteiger partial charge in [-0.3, -0.25) is 0 Å². The van der Waals surface area contributed by atoms with Gasteiger partial charge in [-0.25, -0.2) is 4.79 Å². The number of carbonyl (C=O) groups is 1. The maximum absolute atomic E-state index is 10.9. The predicted molar refractivity (Wildman–Crippen MR) is 48.8 cm³/mol. The smallest absolute Gasteiger partial charge is 0.333 e. The molecule has 0 N–H and O–H groups in total. The summed E-state index contributed by atoms with van der Waals surface area (Å²) < 4.78 is 5.00. The first kappa shape index (κ1) is 10.6. The van der Waals surface area contributed by atoms with Crippen molar-refractivity contribution >= 4 is 18.6 Å². The van der Waals surface area contributed by atoms with Crippen LogP contribution in [0.15, 0.2) is 12.2 Å². The third-order valence-electron chi connectivity index (χ3n) is 1.28. The van der Waals surface area contributed by atoms with Gasteiger partial charge in [0.15, 0.2) is 0 Å². The van der Waals surface area contributed by atoms with Gasteiger partial charge in [-0.15, -0.1) is 0 Å². The van der Waals surface area contributed by atoms with Crippen LogP contribution >= 0.6 is 12.6 Å². The van der Waals surface area contributed by atoms with Crippen LogP contribution in [-0.4, -0.2) is 17.8 Å². The Kier molecular flexibility index (Phi) is 5.03. The van der Waals surface area contributed by atoms with Crippen molar-refractivity contribution in [2.75, 3.05) is 5.75 Å². The zero-order valence-corrected chi connectivity index (χ0v) is 7.86. The minimum atomic E-state index is -0.328. The number of thiol groups is 1. The fourth-order valence-corrected chi connectivity index (χ4v) is 0.834. The summed E-state index contributed by atoms with van der Waals surface area (Å²) in [6.45, 7) is 7.06. The van der Waals surface area contributed by atoms with Crippen molar-refractivity contribution in [2.45, 2.75) is 26.4 Å². The number of esters is 1. The van der Waals surface area contributed by atoms with E-state index in [4.69, 9.17) is 4.74 Å². The van der Waals surface area contributed by atoms with E-state index in [-0.39, 0.29) is 12.1 Å². The molecule has 64 valence electrons. The lowest BCUT2D eigenvalue weighted by Crippen LogP contribution is -2.19. The quantitative estimate of drug-likeness (QED) is 0.400. The second-order valence-electron chi connectivity index (χ2n) is 2.40. The molecule has 0 bridgehead atoms. The molecule has 0 fully saturated rings. The molecule has 0 radical (unpaired) electrons. The first-order valence-corrected chi connectivity index (χ1v) is 4.22. The maximum atomic E-state index is 10.9. The van der Waals surface area contributed by atoms with E-state index in [1.165, 1.54) is 0 Å². The zero-order valence-electron chi connectivity index (χ0n) is 6.96. The summed E-state index contributed by atoms with van der Waals surface area (Å²) in [5, 5.41) is 0. The van der Waals surface area contributed by atoms with Gasteiger partial charge in [0.05, 0.1) is 0 Å². The van der Waals surface area contributed by atoms with Gasteiger partial charge < -0.3 is 4.74 Å². The Labute approximate surface area is 73.0 Å². The lowest BCUT2D eigenvalue weighted by molar-refractivity contribution is -0.143. The summed E-state index contributed by atoms with van der Waals surface area (Å²) >= 11 is 4.03. The Morgan fingerprint density at radius 3 is 2.55 bits per heavy atom. The van der Waals surface area contributed by atoms with Crippen LogP contribution in [0.1, 0.15) is 20.3 Å². The number of hydrogen-bond acceptors (Lipinski definition) is 3. The van der Waals surface area contributed by atoms with Crippen molar-refractivity contribution in [2.24, 2.45) is 0 Å². The summed E-state index contributed by atoms with van der Waals surface area (Å²) in [6.07, 6.45) is 0.713. The molecule has 0 amide bonds. The summed E-state index contributed by atoms with van der Waals surface area (Å²) in [5.41, 5.74) is 0.435. The summed E-state index contributed by atoms with van der Waals surface area (Å²) in [4.78, 5) is 10.9. The van der Waals surface area contributed by atoms with E-state index >= 15 is 0 Å². The van der Waals surface area contributed by atoms with Gasteiger partial charge in [0.1, 0.15) is 6.10 Å². The molecule has 0 aromatic heterocycles. The van der Waals surface area contributed by atoms with Crippen molar-refractivity contribution in [1.29, 1.82) is 0 Å². The van der Waals surface area contributed by atoms with Crippen LogP contribution in [0.4, 0.5) is 0 Å². The number of hydrogen-bond donors (Lipinski definition) is 1. The van der Waals surface area contributed by atoms with E-state index < -0.39 is 0 Å². The fourth-order valence-electron chi connectivity index (χ4n) is 0.502. The van der Waals surface area contributed by atoms with Crippen LogP contribution in [0.5, 0.6) is 0 Å². The van der Waals surface area contributed by atoms with Crippen molar-refractivity contribution in [1.82, 2.24) is 0 Å². The highest BCUT2D eigenvalue weighted by molar-refractivity contribution is 7.80. The average molecular weight is 174 g/mol. The van der Waals surface area contributed by atoms with E-state index in [9.17, 15) is 4.79 Å². The topological polar surface area (TPSA) is 26.3 Å². The van der Waals surface area contributed by atoms with Gasteiger partial charge in [-0.1, -0.05) is 13.5 Å². The lowest BCUT2D eigenvalue weighted by Gasteiger charge is -2.12. The Morgan fingerprint density at radius 1 is 1.73 bits per heavy atom. The van der Waals surface area contributed by atoms with Gasteiger partial charge in [0, 0.05) is 11.3 Å². The third-order valence-corrected chi connectivity index (χ3v) is 1.69. The molecule has 0 aliphatic carbocycles. The van der Waals surface area contributed by atoms with E-state index in [0.717, 1.165) is 6.42 Å². The van der Waals surface area contributed by atoms with Gasteiger partial charge in [0.25, 0.3) is 0 Å². The maximum Gasteiger partial charge on any atom is 0.333 e. The highest BCUT2D eigenvalue weighted by Crippen LogP contribution is 2.03.